The molecule has 0 fully saturated rings. The van der Waals surface area contributed by atoms with Crippen LogP contribution in [0.2, 0.25) is 0 Å². The van der Waals surface area contributed by atoms with Gasteiger partial charge < -0.3 is 4.90 Å². The first kappa shape index (κ1) is 11.3. The van der Waals surface area contributed by atoms with E-state index < -0.39 is 7.55 Å². The summed E-state index contributed by atoms with van der Waals surface area (Å²) in [6, 6.07) is 0.634. The monoisotopic (exact) mass is 225 g/mol. The Hall–Kier alpha value is -0.160. The summed E-state index contributed by atoms with van der Waals surface area (Å²) >= 11 is 0. The SMILES string of the molecule is C=[PH]1CN(C(C)C)C2=C1C(C)(C)C2(C)C. The van der Waals surface area contributed by atoms with E-state index in [0.29, 0.717) is 16.9 Å². The number of rotatable bonds is 1. The van der Waals surface area contributed by atoms with E-state index in [1.165, 1.54) is 6.29 Å². The first-order chi connectivity index (χ1) is 6.71. The molecule has 0 saturated heterocycles. The summed E-state index contributed by atoms with van der Waals surface area (Å²) < 4.78 is 0. The molecular formula is C13H24NP. The van der Waals surface area contributed by atoms with Crippen LogP contribution in [0.4, 0.5) is 0 Å². The summed E-state index contributed by atoms with van der Waals surface area (Å²) in [6.07, 6.45) is 5.64. The summed E-state index contributed by atoms with van der Waals surface area (Å²) in [6.45, 7) is 14.2. The Morgan fingerprint density at radius 3 is 2.20 bits per heavy atom. The normalized spacial score (nSPS) is 31.9. The molecule has 86 valence electrons. The van der Waals surface area contributed by atoms with Gasteiger partial charge in [0.05, 0.1) is 0 Å². The zero-order chi connectivity index (χ0) is 11.6. The van der Waals surface area contributed by atoms with Crippen molar-refractivity contribution in [1.29, 1.82) is 0 Å². The van der Waals surface area contributed by atoms with Crippen molar-refractivity contribution in [3.63, 3.8) is 0 Å². The number of nitrogens with zero attached hydrogens (tertiary/aromatic N) is 1. The van der Waals surface area contributed by atoms with Crippen LogP contribution >= 0.6 is 7.55 Å². The Labute approximate surface area is 94.9 Å². The number of hydrogen-bond acceptors (Lipinski definition) is 1. The zero-order valence-electron chi connectivity index (χ0n) is 10.9. The van der Waals surface area contributed by atoms with Crippen molar-refractivity contribution < 1.29 is 0 Å². The van der Waals surface area contributed by atoms with E-state index in [-0.39, 0.29) is 0 Å². The lowest BCUT2D eigenvalue weighted by Gasteiger charge is -2.55. The smallest absolute Gasteiger partial charge is 0.0380 e. The molecule has 15 heavy (non-hydrogen) atoms. The Bertz CT molecular complexity index is 361. The average molecular weight is 225 g/mol. The van der Waals surface area contributed by atoms with Crippen molar-refractivity contribution in [3.05, 3.63) is 11.0 Å². The maximum Gasteiger partial charge on any atom is 0.0380 e. The molecule has 0 aromatic carbocycles. The van der Waals surface area contributed by atoms with Crippen LogP contribution in [0.5, 0.6) is 0 Å². The Morgan fingerprint density at radius 1 is 1.20 bits per heavy atom. The van der Waals surface area contributed by atoms with E-state index in [1.807, 2.05) is 0 Å². The van der Waals surface area contributed by atoms with Gasteiger partial charge in [0.2, 0.25) is 0 Å². The summed E-state index contributed by atoms with van der Waals surface area (Å²) in [4.78, 5) is 2.60. The highest BCUT2D eigenvalue weighted by Gasteiger charge is 2.58. The standard InChI is InChI=1S/C13H24NP/c1-9(2)14-8-15(7)11-10(14)12(3,4)13(11,5)6/h9,15H,7-8H2,1-6H3. The van der Waals surface area contributed by atoms with Crippen LogP contribution < -0.4 is 0 Å². The van der Waals surface area contributed by atoms with Crippen LogP contribution in [0, 0.1) is 10.8 Å². The van der Waals surface area contributed by atoms with Gasteiger partial charge in [0.15, 0.2) is 0 Å². The van der Waals surface area contributed by atoms with Crippen molar-refractivity contribution >= 4 is 13.8 Å². The van der Waals surface area contributed by atoms with Crippen molar-refractivity contribution in [1.82, 2.24) is 4.90 Å². The molecule has 0 radical (unpaired) electrons. The van der Waals surface area contributed by atoms with E-state index >= 15 is 0 Å². The maximum absolute atomic E-state index is 4.42. The molecule has 0 N–H and O–H groups in total. The highest BCUT2D eigenvalue weighted by atomic mass is 31.1. The molecule has 2 rings (SSSR count). The third-order valence-electron chi connectivity index (χ3n) is 4.64. The molecule has 0 aromatic rings. The van der Waals surface area contributed by atoms with Crippen LogP contribution in [0.15, 0.2) is 11.0 Å². The maximum atomic E-state index is 4.42. The van der Waals surface area contributed by atoms with Gasteiger partial charge in [0.25, 0.3) is 0 Å². The fraction of sp³-hybridized carbons (Fsp3) is 0.769. The minimum atomic E-state index is -0.511. The van der Waals surface area contributed by atoms with Gasteiger partial charge in [-0.3, -0.25) is 0 Å². The van der Waals surface area contributed by atoms with Crippen LogP contribution in [-0.2, 0) is 0 Å². The van der Waals surface area contributed by atoms with Gasteiger partial charge in [0.1, 0.15) is 0 Å². The second-order valence-corrected chi connectivity index (χ2v) is 8.32. The van der Waals surface area contributed by atoms with Gasteiger partial charge in [-0.2, -0.15) is 0 Å². The molecule has 0 amide bonds. The average Bonchev–Trinajstić information content (AvgIpc) is 2.42. The Kier molecular flexibility index (Phi) is 2.22. The molecule has 1 unspecified atom stereocenters. The van der Waals surface area contributed by atoms with Gasteiger partial charge in [-0.1, -0.05) is 41.5 Å². The number of hydrogen-bond donors (Lipinski definition) is 0. The minimum absolute atomic E-state index is 0.344. The van der Waals surface area contributed by atoms with E-state index in [0.717, 1.165) is 0 Å². The van der Waals surface area contributed by atoms with Gasteiger partial charge in [-0.25, -0.2) is 0 Å². The second kappa shape index (κ2) is 2.94. The van der Waals surface area contributed by atoms with E-state index in [2.05, 4.69) is 52.7 Å². The zero-order valence-corrected chi connectivity index (χ0v) is 11.9. The highest BCUT2D eigenvalue weighted by molar-refractivity contribution is 7.60. The first-order valence-corrected chi connectivity index (χ1v) is 7.82. The summed E-state index contributed by atoms with van der Waals surface area (Å²) in [5.41, 5.74) is 2.35. The molecule has 0 spiro atoms. The van der Waals surface area contributed by atoms with Gasteiger partial charge in [0, 0.05) is 28.9 Å². The molecule has 0 saturated carbocycles. The van der Waals surface area contributed by atoms with Gasteiger partial charge >= 0.3 is 0 Å². The van der Waals surface area contributed by atoms with Crippen LogP contribution in [0.3, 0.4) is 0 Å². The fourth-order valence-electron chi connectivity index (χ4n) is 3.07. The lowest BCUT2D eigenvalue weighted by molar-refractivity contribution is 0.0964. The molecule has 1 aliphatic carbocycles. The van der Waals surface area contributed by atoms with Crippen molar-refractivity contribution in [3.8, 4) is 0 Å². The number of allylic oxidation sites excluding steroid dienone is 2. The van der Waals surface area contributed by atoms with Crippen LogP contribution in [-0.4, -0.2) is 23.5 Å². The molecule has 1 nitrogen and oxygen atoms in total. The van der Waals surface area contributed by atoms with E-state index in [4.69, 9.17) is 0 Å². The quantitative estimate of drug-likeness (QED) is 0.616. The predicted molar refractivity (Wildman–Crippen MR) is 71.9 cm³/mol. The van der Waals surface area contributed by atoms with Gasteiger partial charge in [-0.15, -0.1) is 0 Å². The predicted octanol–water partition coefficient (Wildman–Crippen LogP) is 3.59. The van der Waals surface area contributed by atoms with E-state index in [9.17, 15) is 0 Å². The molecular weight excluding hydrogens is 201 g/mol. The van der Waals surface area contributed by atoms with E-state index in [1.54, 1.807) is 11.0 Å². The van der Waals surface area contributed by atoms with Gasteiger partial charge in [-0.05, 0) is 19.2 Å². The fourth-order valence-corrected chi connectivity index (χ4v) is 6.15. The Balaban J connectivity index is 2.50. The largest absolute Gasteiger partial charge is 0.368 e. The first-order valence-electron chi connectivity index (χ1n) is 5.91. The summed E-state index contributed by atoms with van der Waals surface area (Å²) in [7, 11) is -0.511. The highest BCUT2D eigenvalue weighted by Crippen LogP contribution is 2.71. The molecule has 0 aromatic heterocycles. The molecule has 1 atom stereocenters. The molecule has 1 heterocycles. The Morgan fingerprint density at radius 2 is 1.73 bits per heavy atom. The van der Waals surface area contributed by atoms with Crippen molar-refractivity contribution in [2.24, 2.45) is 10.8 Å². The second-order valence-electron chi connectivity index (χ2n) is 6.30. The summed E-state index contributed by atoms with van der Waals surface area (Å²) in [5, 5.41) is 1.71. The molecule has 2 aliphatic rings. The minimum Gasteiger partial charge on any atom is -0.368 e. The lowest BCUT2D eigenvalue weighted by Crippen LogP contribution is -2.49. The summed E-state index contributed by atoms with van der Waals surface area (Å²) in [5.74, 6) is 0. The third kappa shape index (κ3) is 1.16. The third-order valence-corrected chi connectivity index (χ3v) is 6.93. The van der Waals surface area contributed by atoms with Crippen LogP contribution in [0.1, 0.15) is 41.5 Å². The van der Waals surface area contributed by atoms with Crippen molar-refractivity contribution in [2.45, 2.75) is 47.6 Å². The topological polar surface area (TPSA) is 3.24 Å². The lowest BCUT2D eigenvalue weighted by atomic mass is 9.56. The van der Waals surface area contributed by atoms with Crippen molar-refractivity contribution in [2.75, 3.05) is 6.29 Å². The molecule has 2 heteroatoms. The molecule has 0 bridgehead atoms. The molecule has 1 aliphatic heterocycles. The van der Waals surface area contributed by atoms with Crippen LogP contribution in [0.25, 0.3) is 0 Å².